The van der Waals surface area contributed by atoms with Gasteiger partial charge in [0.15, 0.2) is 11.5 Å². The Morgan fingerprint density at radius 2 is 2.08 bits per heavy atom. The molecule has 0 bridgehead atoms. The predicted octanol–water partition coefficient (Wildman–Crippen LogP) is 5.03. The standard InChI is InChI=1S/C17H14Cl2F2N2O3/c18-11-6-22-7-12(19)15(11)23-16(24)10-3-4-13(26-17(20)21)14(5-10)25-8-9-1-2-9/h3-7,9,17H,1-2,8H2,(H,22,23,24)/i1D2,2D2,8D2,9D. The van der Waals surface area contributed by atoms with Gasteiger partial charge in [-0.05, 0) is 36.8 Å². The summed E-state index contributed by atoms with van der Waals surface area (Å²) in [6.07, 6.45) is -3.48. The summed E-state index contributed by atoms with van der Waals surface area (Å²) < 4.78 is 89.3. The van der Waals surface area contributed by atoms with Gasteiger partial charge in [0.05, 0.1) is 25.0 Å². The molecule has 0 saturated heterocycles. The van der Waals surface area contributed by atoms with E-state index in [1.54, 1.807) is 0 Å². The van der Waals surface area contributed by atoms with Crippen LogP contribution in [0.4, 0.5) is 14.5 Å². The van der Waals surface area contributed by atoms with E-state index < -0.39 is 49.2 Å². The molecule has 1 aliphatic rings. The van der Waals surface area contributed by atoms with Crippen LogP contribution >= 0.6 is 23.2 Å². The molecule has 0 spiro atoms. The fourth-order valence-electron chi connectivity index (χ4n) is 1.83. The number of halogens is 4. The number of amides is 1. The number of aromatic nitrogens is 1. The SMILES string of the molecule is [2H]C([2H])(Oc1cc(C(=O)Nc2c(Cl)cncc2Cl)ccc1OC(F)F)C1([2H])C([2H])([2H])C1([2H])[2H]. The van der Waals surface area contributed by atoms with E-state index in [0.717, 1.165) is 18.2 Å². The Morgan fingerprint density at radius 1 is 1.38 bits per heavy atom. The van der Waals surface area contributed by atoms with E-state index >= 15 is 0 Å². The zero-order valence-corrected chi connectivity index (χ0v) is 14.2. The number of benzene rings is 1. The number of anilines is 1. The highest BCUT2D eigenvalue weighted by Crippen LogP contribution is 2.35. The smallest absolute Gasteiger partial charge is 0.387 e. The second-order valence-corrected chi connectivity index (χ2v) is 5.62. The van der Waals surface area contributed by atoms with Gasteiger partial charge in [0, 0.05) is 24.8 Å². The normalized spacial score (nSPS) is 23.2. The molecule has 1 fully saturated rings. The molecule has 1 aromatic heterocycles. The van der Waals surface area contributed by atoms with Gasteiger partial charge < -0.3 is 14.8 Å². The summed E-state index contributed by atoms with van der Waals surface area (Å²) in [5, 5.41) is 2.37. The summed E-state index contributed by atoms with van der Waals surface area (Å²) in [7, 11) is 0. The number of carbonyl (C=O) groups is 1. The van der Waals surface area contributed by atoms with Crippen LogP contribution in [-0.2, 0) is 0 Å². The number of hydrogen-bond donors (Lipinski definition) is 1. The number of alkyl halides is 2. The lowest BCUT2D eigenvalue weighted by molar-refractivity contribution is -0.0515. The summed E-state index contributed by atoms with van der Waals surface area (Å²) in [6, 6.07) is 2.73. The van der Waals surface area contributed by atoms with Crippen LogP contribution in [-0.4, -0.2) is 24.1 Å². The molecule has 1 saturated carbocycles. The maximum Gasteiger partial charge on any atom is 0.387 e. The van der Waals surface area contributed by atoms with Crippen LogP contribution in [0.3, 0.4) is 0 Å². The summed E-state index contributed by atoms with van der Waals surface area (Å²) in [4.78, 5) is 16.4. The maximum absolute atomic E-state index is 12.8. The predicted molar refractivity (Wildman–Crippen MR) is 93.5 cm³/mol. The Balaban J connectivity index is 1.97. The average molecular weight is 410 g/mol. The number of nitrogens with zero attached hydrogens (tertiary/aromatic N) is 1. The zero-order chi connectivity index (χ0) is 25.0. The van der Waals surface area contributed by atoms with E-state index in [-0.39, 0.29) is 21.3 Å². The van der Waals surface area contributed by atoms with Crippen LogP contribution in [0, 0.1) is 5.89 Å². The molecule has 1 N–H and O–H groups in total. The van der Waals surface area contributed by atoms with Crippen LogP contribution in [0.15, 0.2) is 30.6 Å². The third-order valence-corrected chi connectivity index (χ3v) is 3.60. The molecule has 1 aromatic carbocycles. The lowest BCUT2D eigenvalue weighted by atomic mass is 10.2. The lowest BCUT2D eigenvalue weighted by Crippen LogP contribution is -2.14. The minimum absolute atomic E-state index is 0.00402. The van der Waals surface area contributed by atoms with Gasteiger partial charge in [-0.25, -0.2) is 0 Å². The van der Waals surface area contributed by atoms with Crippen molar-refractivity contribution in [2.24, 2.45) is 5.89 Å². The second-order valence-electron chi connectivity index (χ2n) is 4.80. The van der Waals surface area contributed by atoms with E-state index in [1.807, 2.05) is 0 Å². The maximum atomic E-state index is 12.8. The van der Waals surface area contributed by atoms with Crippen LogP contribution < -0.4 is 14.8 Å². The van der Waals surface area contributed by atoms with E-state index in [9.17, 15) is 13.6 Å². The molecule has 9 heteroatoms. The number of hydrogen-bond acceptors (Lipinski definition) is 4. The van der Waals surface area contributed by atoms with Crippen LogP contribution in [0.1, 0.15) is 32.7 Å². The lowest BCUT2D eigenvalue weighted by Gasteiger charge is -2.14. The van der Waals surface area contributed by atoms with Crippen molar-refractivity contribution < 1.29 is 32.6 Å². The number of rotatable bonds is 7. The molecular formula is C17H14Cl2F2N2O3. The molecular weight excluding hydrogens is 389 g/mol. The number of pyridine rings is 1. The van der Waals surface area contributed by atoms with Gasteiger partial charge >= 0.3 is 6.61 Å². The minimum atomic E-state index is -3.36. The Hall–Kier alpha value is -2.12. The molecule has 2 aromatic rings. The van der Waals surface area contributed by atoms with Crippen molar-refractivity contribution in [2.75, 3.05) is 11.9 Å². The number of ether oxygens (including phenoxy) is 2. The Kier molecular flexibility index (Phi) is 3.58. The molecule has 0 unspecified atom stereocenters. The third-order valence-electron chi connectivity index (χ3n) is 3.03. The molecule has 1 amide bonds. The van der Waals surface area contributed by atoms with Crippen molar-refractivity contribution in [1.82, 2.24) is 4.98 Å². The molecule has 26 heavy (non-hydrogen) atoms. The highest BCUT2D eigenvalue weighted by atomic mass is 35.5. The van der Waals surface area contributed by atoms with Gasteiger partial charge in [-0.1, -0.05) is 23.2 Å². The molecule has 1 aliphatic carbocycles. The first-order valence-corrected chi connectivity index (χ1v) is 7.70. The third kappa shape index (κ3) is 4.74. The quantitative estimate of drug-likeness (QED) is 0.696. The fraction of sp³-hybridized carbons (Fsp3) is 0.294. The van der Waals surface area contributed by atoms with E-state index in [2.05, 4.69) is 15.0 Å². The van der Waals surface area contributed by atoms with Crippen LogP contribution in [0.25, 0.3) is 0 Å². The zero-order valence-electron chi connectivity index (χ0n) is 19.6. The summed E-state index contributed by atoms with van der Waals surface area (Å²) in [6.45, 7) is -6.72. The van der Waals surface area contributed by atoms with Gasteiger partial charge in [0.1, 0.15) is 0 Å². The summed E-state index contributed by atoms with van der Waals surface area (Å²) in [5.74, 6) is -5.41. The first-order valence-electron chi connectivity index (χ1n) is 10.4. The van der Waals surface area contributed by atoms with Crippen molar-refractivity contribution in [3.63, 3.8) is 0 Å². The Bertz CT molecular complexity index is 1070. The summed E-state index contributed by atoms with van der Waals surface area (Å²) >= 11 is 11.9. The van der Waals surface area contributed by atoms with Gasteiger partial charge in [-0.2, -0.15) is 8.78 Å². The molecule has 0 aliphatic heterocycles. The molecule has 0 atom stereocenters. The van der Waals surface area contributed by atoms with Gasteiger partial charge in [-0.15, -0.1) is 0 Å². The summed E-state index contributed by atoms with van der Waals surface area (Å²) in [5.41, 5.74) is -0.263. The monoisotopic (exact) mass is 409 g/mol. The average Bonchev–Trinajstić information content (AvgIpc) is 3.03. The van der Waals surface area contributed by atoms with Crippen LogP contribution in [0.2, 0.25) is 10.0 Å². The van der Waals surface area contributed by atoms with Crippen molar-refractivity contribution in [2.45, 2.75) is 19.4 Å². The van der Waals surface area contributed by atoms with Crippen molar-refractivity contribution in [3.05, 3.63) is 46.2 Å². The molecule has 3 rings (SSSR count). The first-order chi connectivity index (χ1) is 15.1. The van der Waals surface area contributed by atoms with E-state index in [1.165, 1.54) is 12.4 Å². The largest absolute Gasteiger partial charge is 0.489 e. The van der Waals surface area contributed by atoms with Crippen molar-refractivity contribution in [3.8, 4) is 11.5 Å². The minimum Gasteiger partial charge on any atom is -0.489 e. The number of nitrogens with one attached hydrogen (secondary N) is 1. The molecule has 0 radical (unpaired) electrons. The van der Waals surface area contributed by atoms with Gasteiger partial charge in [0.2, 0.25) is 0 Å². The highest BCUT2D eigenvalue weighted by molar-refractivity contribution is 6.39. The fourth-order valence-corrected chi connectivity index (χ4v) is 2.29. The van der Waals surface area contributed by atoms with E-state index in [4.69, 9.17) is 37.5 Å². The van der Waals surface area contributed by atoms with Crippen molar-refractivity contribution in [1.29, 1.82) is 0 Å². The Morgan fingerprint density at radius 3 is 2.69 bits per heavy atom. The molecule has 1 heterocycles. The first kappa shape index (κ1) is 11.6. The van der Waals surface area contributed by atoms with Crippen molar-refractivity contribution >= 4 is 34.8 Å². The topological polar surface area (TPSA) is 60.5 Å². The Labute approximate surface area is 168 Å². The molecule has 138 valence electrons. The van der Waals surface area contributed by atoms with E-state index in [0.29, 0.717) is 0 Å². The highest BCUT2D eigenvalue weighted by Gasteiger charge is 2.23. The molecule has 5 nitrogen and oxygen atoms in total. The van der Waals surface area contributed by atoms with Crippen LogP contribution in [0.5, 0.6) is 11.5 Å². The second kappa shape index (κ2) is 8.05. The van der Waals surface area contributed by atoms with Gasteiger partial charge in [0.25, 0.3) is 5.91 Å². The number of carbonyl (C=O) groups excluding carboxylic acids is 1. The van der Waals surface area contributed by atoms with Gasteiger partial charge in [-0.3, -0.25) is 9.78 Å².